The largest absolute Gasteiger partial charge is 0.367 e. The summed E-state index contributed by atoms with van der Waals surface area (Å²) in [6.45, 7) is 4.18. The van der Waals surface area contributed by atoms with Crippen molar-refractivity contribution in [3.05, 3.63) is 35.9 Å². The van der Waals surface area contributed by atoms with Crippen molar-refractivity contribution < 1.29 is 18.9 Å². The Labute approximate surface area is 119 Å². The second kappa shape index (κ2) is 5.19. The van der Waals surface area contributed by atoms with Crippen LogP contribution in [-0.2, 0) is 25.6 Å². The summed E-state index contributed by atoms with van der Waals surface area (Å²) in [6.07, 6.45) is 4.01. The molecule has 4 atom stereocenters. The summed E-state index contributed by atoms with van der Waals surface area (Å²) < 4.78 is 23.1. The third kappa shape index (κ3) is 2.58. The quantitative estimate of drug-likeness (QED) is 0.791. The molecule has 0 aliphatic carbocycles. The van der Waals surface area contributed by atoms with Gasteiger partial charge in [-0.3, -0.25) is 0 Å². The van der Waals surface area contributed by atoms with E-state index in [-0.39, 0.29) is 12.2 Å². The van der Waals surface area contributed by atoms with Crippen LogP contribution in [-0.4, -0.2) is 30.4 Å². The summed E-state index contributed by atoms with van der Waals surface area (Å²) in [5.41, 5.74) is 1.09. The van der Waals surface area contributed by atoms with Crippen LogP contribution >= 0.6 is 0 Å². The lowest BCUT2D eigenvalue weighted by Gasteiger charge is -2.23. The topological polar surface area (TPSA) is 36.9 Å². The van der Waals surface area contributed by atoms with E-state index in [0.717, 1.165) is 5.56 Å². The zero-order chi connectivity index (χ0) is 14.2. The highest BCUT2D eigenvalue weighted by Crippen LogP contribution is 2.38. The van der Waals surface area contributed by atoms with Crippen LogP contribution < -0.4 is 0 Å². The third-order valence-corrected chi connectivity index (χ3v) is 3.44. The minimum absolute atomic E-state index is 0.283. The normalized spacial score (nSPS) is 34.6. The number of fused-ring (bicyclic) bond motifs is 1. The molecule has 0 saturated carbocycles. The van der Waals surface area contributed by atoms with Crippen LogP contribution in [0, 0.1) is 12.3 Å². The first kappa shape index (κ1) is 13.6. The fraction of sp³-hybridized carbons (Fsp3) is 0.500. The Morgan fingerprint density at radius 2 is 2.00 bits per heavy atom. The summed E-state index contributed by atoms with van der Waals surface area (Å²) in [4.78, 5) is 0. The molecule has 0 bridgehead atoms. The lowest BCUT2D eigenvalue weighted by atomic mass is 10.1. The smallest absolute Gasteiger partial charge is 0.191 e. The van der Waals surface area contributed by atoms with Crippen LogP contribution in [0.1, 0.15) is 19.4 Å². The van der Waals surface area contributed by atoms with Gasteiger partial charge in [0.1, 0.15) is 18.3 Å². The molecule has 1 aromatic rings. The van der Waals surface area contributed by atoms with E-state index in [1.54, 1.807) is 0 Å². The highest BCUT2D eigenvalue weighted by atomic mass is 16.8. The van der Waals surface area contributed by atoms with E-state index in [9.17, 15) is 0 Å². The maximum Gasteiger partial charge on any atom is 0.191 e. The minimum Gasteiger partial charge on any atom is -0.367 e. The van der Waals surface area contributed by atoms with Gasteiger partial charge in [0, 0.05) is 0 Å². The van der Waals surface area contributed by atoms with Crippen LogP contribution in [0.15, 0.2) is 30.3 Å². The van der Waals surface area contributed by atoms with Crippen molar-refractivity contribution in [1.82, 2.24) is 0 Å². The predicted octanol–water partition coefficient (Wildman–Crippen LogP) is 2.08. The molecule has 2 heterocycles. The Bertz CT molecular complexity index is 505. The molecular formula is C16H18O4. The van der Waals surface area contributed by atoms with Crippen molar-refractivity contribution in [3.63, 3.8) is 0 Å². The van der Waals surface area contributed by atoms with Gasteiger partial charge in [-0.25, -0.2) is 0 Å². The number of benzene rings is 1. The van der Waals surface area contributed by atoms with Crippen LogP contribution in [0.2, 0.25) is 0 Å². The van der Waals surface area contributed by atoms with Crippen LogP contribution in [0.5, 0.6) is 0 Å². The number of ether oxygens (including phenoxy) is 4. The van der Waals surface area contributed by atoms with Crippen molar-refractivity contribution in [2.75, 3.05) is 0 Å². The van der Waals surface area contributed by atoms with Crippen molar-refractivity contribution in [2.45, 2.75) is 50.8 Å². The van der Waals surface area contributed by atoms with Gasteiger partial charge in [-0.1, -0.05) is 36.3 Å². The molecule has 0 amide bonds. The maximum absolute atomic E-state index is 5.93. The van der Waals surface area contributed by atoms with E-state index in [1.807, 2.05) is 44.2 Å². The second-order valence-electron chi connectivity index (χ2n) is 5.45. The van der Waals surface area contributed by atoms with E-state index in [2.05, 4.69) is 5.92 Å². The van der Waals surface area contributed by atoms with E-state index < -0.39 is 18.2 Å². The molecule has 4 nitrogen and oxygen atoms in total. The Morgan fingerprint density at radius 3 is 2.70 bits per heavy atom. The van der Waals surface area contributed by atoms with Gasteiger partial charge in [-0.2, -0.15) is 0 Å². The lowest BCUT2D eigenvalue weighted by molar-refractivity contribution is -0.211. The van der Waals surface area contributed by atoms with Crippen molar-refractivity contribution in [1.29, 1.82) is 0 Å². The van der Waals surface area contributed by atoms with Gasteiger partial charge in [0.15, 0.2) is 12.1 Å². The van der Waals surface area contributed by atoms with Crippen molar-refractivity contribution in [3.8, 4) is 12.3 Å². The van der Waals surface area contributed by atoms with Crippen molar-refractivity contribution in [2.24, 2.45) is 0 Å². The molecular weight excluding hydrogens is 256 g/mol. The zero-order valence-electron chi connectivity index (χ0n) is 11.6. The first-order valence-electron chi connectivity index (χ1n) is 6.72. The minimum atomic E-state index is -0.663. The Kier molecular flexibility index (Phi) is 3.53. The molecule has 2 aliphatic rings. The molecule has 3 rings (SSSR count). The average molecular weight is 274 g/mol. The first-order valence-corrected chi connectivity index (χ1v) is 6.72. The third-order valence-electron chi connectivity index (χ3n) is 3.44. The summed E-state index contributed by atoms with van der Waals surface area (Å²) in [6, 6.07) is 9.94. The monoisotopic (exact) mass is 274 g/mol. The number of hydrogen-bond acceptors (Lipinski definition) is 4. The highest BCUT2D eigenvalue weighted by Gasteiger charge is 2.55. The Balaban J connectivity index is 1.69. The van der Waals surface area contributed by atoms with Gasteiger partial charge in [0.05, 0.1) is 6.61 Å². The standard InChI is InChI=1S/C16H18O4/c1-4-12-13(17-10-11-8-6-5-7-9-11)14-15(18-12)20-16(2,3)19-14/h1,5-9,12-15H,10H2,2-3H3/t12?,13-,14+,15+/m0/s1. The lowest BCUT2D eigenvalue weighted by Crippen LogP contribution is -2.36. The maximum atomic E-state index is 5.93. The molecule has 106 valence electrons. The molecule has 0 aromatic heterocycles. The van der Waals surface area contributed by atoms with E-state index >= 15 is 0 Å². The fourth-order valence-corrected chi connectivity index (χ4v) is 2.56. The van der Waals surface area contributed by atoms with Crippen LogP contribution in [0.25, 0.3) is 0 Å². The summed E-state index contributed by atoms with van der Waals surface area (Å²) in [5.74, 6) is 1.94. The molecule has 2 saturated heterocycles. The average Bonchev–Trinajstić information content (AvgIpc) is 2.89. The molecule has 2 aliphatic heterocycles. The molecule has 0 radical (unpaired) electrons. The van der Waals surface area contributed by atoms with E-state index in [1.165, 1.54) is 0 Å². The molecule has 0 N–H and O–H groups in total. The van der Waals surface area contributed by atoms with E-state index in [0.29, 0.717) is 6.61 Å². The van der Waals surface area contributed by atoms with Gasteiger partial charge < -0.3 is 18.9 Å². The predicted molar refractivity (Wildman–Crippen MR) is 72.6 cm³/mol. The van der Waals surface area contributed by atoms with Crippen molar-refractivity contribution >= 4 is 0 Å². The molecule has 1 aromatic carbocycles. The summed E-state index contributed by atoms with van der Waals surface area (Å²) in [5, 5.41) is 0. The number of terminal acetylenes is 1. The highest BCUT2D eigenvalue weighted by molar-refractivity contribution is 5.14. The first-order chi connectivity index (χ1) is 9.59. The fourth-order valence-electron chi connectivity index (χ4n) is 2.56. The molecule has 1 unspecified atom stereocenters. The molecule has 4 heteroatoms. The van der Waals surface area contributed by atoms with Gasteiger partial charge in [-0.15, -0.1) is 6.42 Å². The van der Waals surface area contributed by atoms with Crippen LogP contribution in [0.3, 0.4) is 0 Å². The van der Waals surface area contributed by atoms with Gasteiger partial charge >= 0.3 is 0 Å². The number of hydrogen-bond donors (Lipinski definition) is 0. The summed E-state index contributed by atoms with van der Waals surface area (Å²) >= 11 is 0. The van der Waals surface area contributed by atoms with Gasteiger partial charge in [0.2, 0.25) is 0 Å². The Hall–Kier alpha value is -1.38. The number of rotatable bonds is 3. The molecule has 20 heavy (non-hydrogen) atoms. The van der Waals surface area contributed by atoms with Crippen LogP contribution in [0.4, 0.5) is 0 Å². The zero-order valence-corrected chi connectivity index (χ0v) is 11.6. The SMILES string of the molecule is C#CC1O[C@@H]2OC(C)(C)O[C@@H]2[C@H]1OCc1ccccc1. The van der Waals surface area contributed by atoms with Gasteiger partial charge in [-0.05, 0) is 19.4 Å². The van der Waals surface area contributed by atoms with Gasteiger partial charge in [0.25, 0.3) is 0 Å². The summed E-state index contributed by atoms with van der Waals surface area (Å²) in [7, 11) is 0. The Morgan fingerprint density at radius 1 is 1.25 bits per heavy atom. The molecule has 0 spiro atoms. The second-order valence-corrected chi connectivity index (χ2v) is 5.45. The van der Waals surface area contributed by atoms with E-state index in [4.69, 9.17) is 25.4 Å². The molecule has 2 fully saturated rings.